The van der Waals surface area contributed by atoms with E-state index in [4.69, 9.17) is 4.42 Å². The normalized spacial score (nSPS) is 17.3. The molecule has 164 valence electrons. The zero-order valence-corrected chi connectivity index (χ0v) is 20.3. The summed E-state index contributed by atoms with van der Waals surface area (Å²) in [5.41, 5.74) is 11.7. The van der Waals surface area contributed by atoms with E-state index in [1.54, 1.807) is 0 Å². The fraction of sp³-hybridized carbons (Fsp3) is 0.0303. The lowest BCUT2D eigenvalue weighted by Gasteiger charge is -2.35. The maximum Gasteiger partial charge on any atom is 0.135 e. The van der Waals surface area contributed by atoms with Crippen LogP contribution in [0.25, 0.3) is 45.2 Å². The maximum absolute atomic E-state index is 6.42. The fourth-order valence-corrected chi connectivity index (χ4v) is 6.74. The highest BCUT2D eigenvalue weighted by Crippen LogP contribution is 2.59. The highest BCUT2D eigenvalue weighted by atomic mass is 79.9. The second kappa shape index (κ2) is 6.84. The van der Waals surface area contributed by atoms with Crippen LogP contribution in [0, 0.1) is 0 Å². The van der Waals surface area contributed by atoms with Crippen LogP contribution in [0.15, 0.2) is 112 Å². The molecular weight excluding hydrogens is 492 g/mol. The smallest absolute Gasteiger partial charge is 0.135 e. The molecule has 1 heterocycles. The lowest BCUT2D eigenvalue weighted by atomic mass is 9.66. The van der Waals surface area contributed by atoms with E-state index in [9.17, 15) is 0 Å². The third kappa shape index (κ3) is 2.42. The molecule has 1 spiro atoms. The molecule has 1 unspecified atom stereocenters. The first-order chi connectivity index (χ1) is 17.2. The molecule has 0 fully saturated rings. The summed E-state index contributed by atoms with van der Waals surface area (Å²) in [6.07, 6.45) is 4.52. The number of benzene rings is 5. The van der Waals surface area contributed by atoms with Gasteiger partial charge in [0.1, 0.15) is 11.2 Å². The van der Waals surface area contributed by atoms with Crippen molar-refractivity contribution in [3.63, 3.8) is 0 Å². The molecular formula is C33H19BrO. The summed E-state index contributed by atoms with van der Waals surface area (Å²) in [5, 5.41) is 2.33. The van der Waals surface area contributed by atoms with Crippen molar-refractivity contribution < 1.29 is 4.42 Å². The number of hydrogen-bond acceptors (Lipinski definition) is 1. The van der Waals surface area contributed by atoms with Crippen molar-refractivity contribution in [2.45, 2.75) is 5.41 Å². The SMILES string of the molecule is Brc1ccc2c(c1)C1(c3ccccc3C=C2)c2ccccc2-c2cc3c(cc21)oc1ccccc13. The fourth-order valence-electron chi connectivity index (χ4n) is 6.38. The van der Waals surface area contributed by atoms with Crippen molar-refractivity contribution in [2.75, 3.05) is 0 Å². The minimum Gasteiger partial charge on any atom is -0.456 e. The lowest BCUT2D eigenvalue weighted by molar-refractivity contribution is 0.666. The van der Waals surface area contributed by atoms with Crippen molar-refractivity contribution >= 4 is 50.0 Å². The average Bonchev–Trinajstić information content (AvgIpc) is 3.35. The molecule has 0 saturated carbocycles. The first-order valence-electron chi connectivity index (χ1n) is 11.9. The number of halogens is 1. The summed E-state index contributed by atoms with van der Waals surface area (Å²) >= 11 is 3.79. The lowest BCUT2D eigenvalue weighted by Crippen LogP contribution is -2.30. The van der Waals surface area contributed by atoms with E-state index in [1.807, 2.05) is 6.07 Å². The van der Waals surface area contributed by atoms with E-state index >= 15 is 0 Å². The second-order valence-corrected chi connectivity index (χ2v) is 10.4. The average molecular weight is 511 g/mol. The Morgan fingerprint density at radius 2 is 1.26 bits per heavy atom. The van der Waals surface area contributed by atoms with Crippen molar-refractivity contribution in [1.82, 2.24) is 0 Å². The first kappa shape index (κ1) is 19.4. The van der Waals surface area contributed by atoms with Gasteiger partial charge in [0.2, 0.25) is 0 Å². The summed E-state index contributed by atoms with van der Waals surface area (Å²) in [6, 6.07) is 37.4. The van der Waals surface area contributed by atoms with Crippen molar-refractivity contribution in [2.24, 2.45) is 0 Å². The molecule has 0 radical (unpaired) electrons. The Hall–Kier alpha value is -3.88. The number of rotatable bonds is 0. The van der Waals surface area contributed by atoms with E-state index in [0.29, 0.717) is 0 Å². The summed E-state index contributed by atoms with van der Waals surface area (Å²) in [4.78, 5) is 0. The summed E-state index contributed by atoms with van der Waals surface area (Å²) in [7, 11) is 0. The Kier molecular flexibility index (Phi) is 3.80. The molecule has 8 rings (SSSR count). The molecule has 0 aliphatic heterocycles. The molecule has 1 atom stereocenters. The molecule has 0 saturated heterocycles. The van der Waals surface area contributed by atoms with E-state index < -0.39 is 5.41 Å². The minimum absolute atomic E-state index is 0.446. The van der Waals surface area contributed by atoms with Gasteiger partial charge in [-0.2, -0.15) is 0 Å². The zero-order chi connectivity index (χ0) is 23.1. The van der Waals surface area contributed by atoms with Gasteiger partial charge in [-0.15, -0.1) is 0 Å². The standard InChI is InChI=1S/C33H19BrO/c34-22-16-15-21-14-13-20-7-1-4-10-27(20)33(29(21)17-22)28-11-5-2-8-23(28)25-18-26-24-9-3-6-12-31(24)35-32(26)19-30(25)33/h1-19H. The second-order valence-electron chi connectivity index (χ2n) is 9.44. The van der Waals surface area contributed by atoms with Gasteiger partial charge in [0.05, 0.1) is 5.41 Å². The van der Waals surface area contributed by atoms with E-state index in [-0.39, 0.29) is 0 Å². The monoisotopic (exact) mass is 510 g/mol. The van der Waals surface area contributed by atoms with Gasteiger partial charge < -0.3 is 4.42 Å². The van der Waals surface area contributed by atoms with Gasteiger partial charge in [-0.1, -0.05) is 101 Å². The zero-order valence-electron chi connectivity index (χ0n) is 18.8. The summed E-state index contributed by atoms with van der Waals surface area (Å²) in [5.74, 6) is 0. The molecule has 2 heteroatoms. The van der Waals surface area contributed by atoms with Crippen LogP contribution in [0.5, 0.6) is 0 Å². The van der Waals surface area contributed by atoms with Crippen LogP contribution in [0.1, 0.15) is 33.4 Å². The molecule has 1 aromatic heterocycles. The molecule has 35 heavy (non-hydrogen) atoms. The maximum atomic E-state index is 6.42. The van der Waals surface area contributed by atoms with Crippen LogP contribution in [-0.4, -0.2) is 0 Å². The number of para-hydroxylation sites is 1. The molecule has 0 N–H and O–H groups in total. The molecule has 6 aromatic rings. The van der Waals surface area contributed by atoms with Gasteiger partial charge in [-0.25, -0.2) is 0 Å². The molecule has 2 aliphatic carbocycles. The largest absolute Gasteiger partial charge is 0.456 e. The van der Waals surface area contributed by atoms with Crippen molar-refractivity contribution in [1.29, 1.82) is 0 Å². The van der Waals surface area contributed by atoms with Crippen LogP contribution in [0.3, 0.4) is 0 Å². The summed E-state index contributed by atoms with van der Waals surface area (Å²) < 4.78 is 7.50. The van der Waals surface area contributed by atoms with Gasteiger partial charge in [-0.3, -0.25) is 0 Å². The van der Waals surface area contributed by atoms with Gasteiger partial charge >= 0.3 is 0 Å². The number of hydrogen-bond donors (Lipinski definition) is 0. The van der Waals surface area contributed by atoms with Crippen molar-refractivity contribution in [3.05, 3.63) is 141 Å². The highest BCUT2D eigenvalue weighted by Gasteiger charge is 2.48. The Bertz CT molecular complexity index is 1870. The number of furan rings is 1. The predicted octanol–water partition coefficient (Wildman–Crippen LogP) is 9.20. The van der Waals surface area contributed by atoms with E-state index in [1.165, 1.54) is 49.9 Å². The van der Waals surface area contributed by atoms with Crippen LogP contribution in [-0.2, 0) is 5.41 Å². The third-order valence-corrected chi connectivity index (χ3v) is 8.26. The Morgan fingerprint density at radius 3 is 2.17 bits per heavy atom. The molecule has 1 nitrogen and oxygen atoms in total. The highest BCUT2D eigenvalue weighted by molar-refractivity contribution is 9.10. The van der Waals surface area contributed by atoms with Gasteiger partial charge in [0, 0.05) is 15.2 Å². The predicted molar refractivity (Wildman–Crippen MR) is 148 cm³/mol. The van der Waals surface area contributed by atoms with Gasteiger partial charge in [0.25, 0.3) is 0 Å². The van der Waals surface area contributed by atoms with Crippen LogP contribution >= 0.6 is 15.9 Å². The third-order valence-electron chi connectivity index (χ3n) is 7.77. The quantitative estimate of drug-likeness (QED) is 0.198. The van der Waals surface area contributed by atoms with E-state index in [2.05, 4.69) is 125 Å². The van der Waals surface area contributed by atoms with Gasteiger partial charge in [0.15, 0.2) is 0 Å². The van der Waals surface area contributed by atoms with Crippen LogP contribution in [0.4, 0.5) is 0 Å². The Morgan fingerprint density at radius 1 is 0.514 bits per heavy atom. The molecule has 2 aliphatic rings. The molecule has 5 aromatic carbocycles. The summed E-state index contributed by atoms with van der Waals surface area (Å²) in [6.45, 7) is 0. The Labute approximate surface area is 211 Å². The Balaban J connectivity index is 1.62. The van der Waals surface area contributed by atoms with Crippen LogP contribution in [0.2, 0.25) is 0 Å². The van der Waals surface area contributed by atoms with Crippen molar-refractivity contribution in [3.8, 4) is 11.1 Å². The number of fused-ring (bicyclic) bond motifs is 12. The minimum atomic E-state index is -0.446. The molecule has 0 amide bonds. The van der Waals surface area contributed by atoms with Gasteiger partial charge in [-0.05, 0) is 74.8 Å². The first-order valence-corrected chi connectivity index (χ1v) is 12.7. The van der Waals surface area contributed by atoms with E-state index in [0.717, 1.165) is 21.0 Å². The topological polar surface area (TPSA) is 13.1 Å². The molecule has 0 bridgehead atoms. The van der Waals surface area contributed by atoms with Crippen LogP contribution < -0.4 is 0 Å².